The Morgan fingerprint density at radius 1 is 1.31 bits per heavy atom. The zero-order valence-electron chi connectivity index (χ0n) is 7.20. The minimum atomic E-state index is -0.901. The van der Waals surface area contributed by atoms with Gasteiger partial charge in [-0.2, -0.15) is 0 Å². The van der Waals surface area contributed by atoms with Crippen LogP contribution in [0.2, 0.25) is 0 Å². The summed E-state index contributed by atoms with van der Waals surface area (Å²) in [6.45, 7) is 1.50. The fraction of sp³-hybridized carbons (Fsp3) is 0.400. The number of nitrogens with one attached hydrogen (secondary N) is 1. The van der Waals surface area contributed by atoms with Crippen molar-refractivity contribution >= 4 is 0 Å². The number of hydrogen-bond acceptors (Lipinski definition) is 2. The summed E-state index contributed by atoms with van der Waals surface area (Å²) >= 11 is 0. The molecule has 0 radical (unpaired) electrons. The maximum Gasteiger partial charge on any atom is 0.130 e. The Labute approximate surface area is 76.4 Å². The van der Waals surface area contributed by atoms with Crippen LogP contribution in [0.5, 0.6) is 5.75 Å². The van der Waals surface area contributed by atoms with E-state index in [1.807, 2.05) is 0 Å². The molecule has 0 bridgehead atoms. The normalized spacial score (nSPS) is 19.5. The molecule has 3 heteroatoms. The van der Waals surface area contributed by atoms with Gasteiger partial charge in [0, 0.05) is 19.0 Å². The van der Waals surface area contributed by atoms with Crippen molar-refractivity contribution in [2.45, 2.75) is 6.17 Å². The van der Waals surface area contributed by atoms with Gasteiger partial charge in [-0.15, -0.1) is 0 Å². The minimum Gasteiger partial charge on any atom is -0.508 e. The Kier molecular flexibility index (Phi) is 2.19. The van der Waals surface area contributed by atoms with E-state index in [9.17, 15) is 4.39 Å². The maximum atomic E-state index is 13.6. The fourth-order valence-electron chi connectivity index (χ4n) is 1.45. The molecule has 1 heterocycles. The molecule has 0 amide bonds. The van der Waals surface area contributed by atoms with E-state index in [4.69, 9.17) is 5.11 Å². The van der Waals surface area contributed by atoms with Crippen molar-refractivity contribution in [3.8, 4) is 5.75 Å². The molecule has 1 aromatic carbocycles. The first kappa shape index (κ1) is 8.51. The lowest BCUT2D eigenvalue weighted by Gasteiger charge is -2.30. The van der Waals surface area contributed by atoms with Gasteiger partial charge in [-0.3, -0.25) is 0 Å². The molecule has 1 aromatic rings. The summed E-state index contributed by atoms with van der Waals surface area (Å²) < 4.78 is 13.6. The van der Waals surface area contributed by atoms with Gasteiger partial charge in [0.25, 0.3) is 0 Å². The van der Waals surface area contributed by atoms with Crippen LogP contribution in [0.25, 0.3) is 0 Å². The van der Waals surface area contributed by atoms with Crippen molar-refractivity contribution in [1.82, 2.24) is 5.32 Å². The highest BCUT2D eigenvalue weighted by Crippen LogP contribution is 2.29. The van der Waals surface area contributed by atoms with Crippen molar-refractivity contribution in [3.63, 3.8) is 0 Å². The third-order valence-corrected chi connectivity index (χ3v) is 2.44. The average molecular weight is 181 g/mol. The summed E-state index contributed by atoms with van der Waals surface area (Å²) in [5, 5.41) is 12.0. The van der Waals surface area contributed by atoms with Gasteiger partial charge in [0.05, 0.1) is 0 Å². The largest absolute Gasteiger partial charge is 0.508 e. The van der Waals surface area contributed by atoms with Crippen LogP contribution < -0.4 is 5.32 Å². The third kappa shape index (κ3) is 1.65. The third-order valence-electron chi connectivity index (χ3n) is 2.44. The van der Waals surface area contributed by atoms with Gasteiger partial charge in [0.1, 0.15) is 11.9 Å². The molecule has 1 fully saturated rings. The van der Waals surface area contributed by atoms with Gasteiger partial charge in [0.15, 0.2) is 0 Å². The first-order chi connectivity index (χ1) is 6.27. The summed E-state index contributed by atoms with van der Waals surface area (Å²) in [4.78, 5) is 0. The van der Waals surface area contributed by atoms with Crippen molar-refractivity contribution in [2.24, 2.45) is 5.92 Å². The quantitative estimate of drug-likeness (QED) is 0.726. The second-order valence-electron chi connectivity index (χ2n) is 3.41. The second kappa shape index (κ2) is 3.34. The van der Waals surface area contributed by atoms with Gasteiger partial charge in [-0.25, -0.2) is 4.39 Å². The van der Waals surface area contributed by atoms with Crippen LogP contribution >= 0.6 is 0 Å². The Balaban J connectivity index is 2.10. The van der Waals surface area contributed by atoms with E-state index < -0.39 is 6.17 Å². The molecule has 2 N–H and O–H groups in total. The van der Waals surface area contributed by atoms with Crippen molar-refractivity contribution in [3.05, 3.63) is 29.8 Å². The van der Waals surface area contributed by atoms with E-state index in [1.165, 1.54) is 12.1 Å². The number of benzene rings is 1. The summed E-state index contributed by atoms with van der Waals surface area (Å²) in [5.41, 5.74) is 0.657. The SMILES string of the molecule is Oc1ccc(C(F)C2CNC2)cc1. The molecule has 70 valence electrons. The standard InChI is InChI=1S/C10H12FNO/c11-10(8-5-12-6-8)7-1-3-9(13)4-2-7/h1-4,8,10,12-13H,5-6H2. The molecule has 1 unspecified atom stereocenters. The molecule has 2 nitrogen and oxygen atoms in total. The minimum absolute atomic E-state index is 0.101. The predicted octanol–water partition coefficient (Wildman–Crippen LogP) is 1.62. The van der Waals surface area contributed by atoms with Crippen LogP contribution in [0, 0.1) is 5.92 Å². The van der Waals surface area contributed by atoms with Gasteiger partial charge in [0.2, 0.25) is 0 Å². The van der Waals surface area contributed by atoms with Crippen LogP contribution in [-0.4, -0.2) is 18.2 Å². The highest BCUT2D eigenvalue weighted by molar-refractivity contribution is 5.28. The Morgan fingerprint density at radius 3 is 2.38 bits per heavy atom. The molecule has 13 heavy (non-hydrogen) atoms. The number of aromatic hydroxyl groups is 1. The monoisotopic (exact) mass is 181 g/mol. The molecule has 1 aliphatic heterocycles. The molecule has 1 aliphatic rings. The molecular formula is C10H12FNO. The van der Waals surface area contributed by atoms with E-state index in [2.05, 4.69) is 5.32 Å². The molecule has 0 aromatic heterocycles. The Bertz CT molecular complexity index is 281. The molecule has 2 rings (SSSR count). The Morgan fingerprint density at radius 2 is 1.92 bits per heavy atom. The van der Waals surface area contributed by atoms with E-state index >= 15 is 0 Å². The highest BCUT2D eigenvalue weighted by Gasteiger charge is 2.27. The van der Waals surface area contributed by atoms with Crippen LogP contribution in [0.15, 0.2) is 24.3 Å². The zero-order valence-corrected chi connectivity index (χ0v) is 7.20. The van der Waals surface area contributed by atoms with Crippen LogP contribution in [-0.2, 0) is 0 Å². The first-order valence-electron chi connectivity index (χ1n) is 4.41. The smallest absolute Gasteiger partial charge is 0.130 e. The lowest BCUT2D eigenvalue weighted by Crippen LogP contribution is -2.44. The summed E-state index contributed by atoms with van der Waals surface area (Å²) in [7, 11) is 0. The number of phenolic OH excluding ortho intramolecular Hbond substituents is 1. The number of rotatable bonds is 2. The molecular weight excluding hydrogens is 169 g/mol. The van der Waals surface area contributed by atoms with Gasteiger partial charge in [-0.05, 0) is 17.7 Å². The van der Waals surface area contributed by atoms with Crippen molar-refractivity contribution < 1.29 is 9.50 Å². The summed E-state index contributed by atoms with van der Waals surface area (Å²) in [5.74, 6) is 0.284. The lowest BCUT2D eigenvalue weighted by atomic mass is 9.92. The van der Waals surface area contributed by atoms with E-state index in [0.717, 1.165) is 13.1 Å². The fourth-order valence-corrected chi connectivity index (χ4v) is 1.45. The first-order valence-corrected chi connectivity index (χ1v) is 4.41. The van der Waals surface area contributed by atoms with Gasteiger partial charge < -0.3 is 10.4 Å². The van der Waals surface area contributed by atoms with Crippen LogP contribution in [0.3, 0.4) is 0 Å². The highest BCUT2D eigenvalue weighted by atomic mass is 19.1. The molecule has 1 atom stereocenters. The van der Waals surface area contributed by atoms with E-state index in [1.54, 1.807) is 12.1 Å². The molecule has 0 saturated carbocycles. The van der Waals surface area contributed by atoms with Gasteiger partial charge >= 0.3 is 0 Å². The van der Waals surface area contributed by atoms with E-state index in [-0.39, 0.29) is 11.7 Å². The van der Waals surface area contributed by atoms with Crippen LogP contribution in [0.4, 0.5) is 4.39 Å². The van der Waals surface area contributed by atoms with Gasteiger partial charge in [-0.1, -0.05) is 12.1 Å². The second-order valence-corrected chi connectivity index (χ2v) is 3.41. The summed E-state index contributed by atoms with van der Waals surface area (Å²) in [6.07, 6.45) is -0.901. The van der Waals surface area contributed by atoms with Crippen LogP contribution in [0.1, 0.15) is 11.7 Å². The molecule has 0 aliphatic carbocycles. The maximum absolute atomic E-state index is 13.6. The Hall–Kier alpha value is -1.09. The van der Waals surface area contributed by atoms with E-state index in [0.29, 0.717) is 5.56 Å². The van der Waals surface area contributed by atoms with Crippen molar-refractivity contribution in [2.75, 3.05) is 13.1 Å². The molecule has 1 saturated heterocycles. The number of alkyl halides is 1. The zero-order chi connectivity index (χ0) is 9.26. The average Bonchev–Trinajstić information content (AvgIpc) is 2.02. The lowest BCUT2D eigenvalue weighted by molar-refractivity contribution is 0.171. The number of phenols is 1. The number of halogens is 1. The topological polar surface area (TPSA) is 32.3 Å². The predicted molar refractivity (Wildman–Crippen MR) is 48.3 cm³/mol. The molecule has 0 spiro atoms. The summed E-state index contributed by atoms with van der Waals surface area (Å²) in [6, 6.07) is 6.32. The van der Waals surface area contributed by atoms with Crippen molar-refractivity contribution in [1.29, 1.82) is 0 Å². The number of hydrogen-bond donors (Lipinski definition) is 2.